The monoisotopic (exact) mass is 390 g/mol. The summed E-state index contributed by atoms with van der Waals surface area (Å²) in [4.78, 5) is 24.2. The van der Waals surface area contributed by atoms with Gasteiger partial charge in [-0.1, -0.05) is 44.6 Å². The van der Waals surface area contributed by atoms with Crippen molar-refractivity contribution in [2.24, 2.45) is 11.3 Å². The zero-order valence-electron chi connectivity index (χ0n) is 16.9. The molecule has 0 aromatic heterocycles. The van der Waals surface area contributed by atoms with Gasteiger partial charge in [-0.15, -0.1) is 0 Å². The minimum atomic E-state index is -0.801. The Bertz CT molecular complexity index is 727. The van der Waals surface area contributed by atoms with Crippen molar-refractivity contribution in [3.8, 4) is 0 Å². The number of carbonyl (C=O) groups excluding carboxylic acids is 2. The molecule has 1 aromatic rings. The van der Waals surface area contributed by atoms with Crippen LogP contribution in [-0.2, 0) is 11.3 Å². The van der Waals surface area contributed by atoms with E-state index < -0.39 is 12.1 Å². The molecule has 7 nitrogen and oxygen atoms in total. The Balaban J connectivity index is 1.96. The first-order valence-electron chi connectivity index (χ1n) is 9.47. The van der Waals surface area contributed by atoms with Gasteiger partial charge in [0, 0.05) is 12.1 Å². The first-order valence-corrected chi connectivity index (χ1v) is 9.47. The largest absolute Gasteiger partial charge is 0.443 e. The number of aliphatic hydroxyl groups excluding tert-OH is 1. The van der Waals surface area contributed by atoms with Gasteiger partial charge in [-0.3, -0.25) is 10.0 Å². The normalized spacial score (nSPS) is 20.9. The molecule has 2 unspecified atom stereocenters. The highest BCUT2D eigenvalue weighted by molar-refractivity contribution is 5.94. The number of hydrogen-bond donors (Lipinski definition) is 3. The van der Waals surface area contributed by atoms with Gasteiger partial charge in [0.2, 0.25) is 0 Å². The van der Waals surface area contributed by atoms with Crippen LogP contribution in [0.2, 0.25) is 0 Å². The van der Waals surface area contributed by atoms with Crippen molar-refractivity contribution in [1.82, 2.24) is 10.4 Å². The van der Waals surface area contributed by atoms with E-state index in [1.165, 1.54) is 0 Å². The molecule has 2 amide bonds. The van der Waals surface area contributed by atoms with Crippen LogP contribution in [0.15, 0.2) is 35.9 Å². The summed E-state index contributed by atoms with van der Waals surface area (Å²) in [5.41, 5.74) is 1.83. The van der Waals surface area contributed by atoms with Crippen molar-refractivity contribution in [3.05, 3.63) is 47.0 Å². The van der Waals surface area contributed by atoms with Crippen molar-refractivity contribution in [2.45, 2.75) is 46.8 Å². The molecular weight excluding hydrogens is 360 g/mol. The van der Waals surface area contributed by atoms with Crippen LogP contribution in [0.3, 0.4) is 0 Å². The second-order valence-electron chi connectivity index (χ2n) is 8.06. The molecule has 0 saturated carbocycles. The third-order valence-corrected chi connectivity index (χ3v) is 4.97. The first-order chi connectivity index (χ1) is 13.2. The molecule has 1 aliphatic carbocycles. The van der Waals surface area contributed by atoms with Gasteiger partial charge in [0.15, 0.2) is 0 Å². The van der Waals surface area contributed by atoms with Crippen molar-refractivity contribution in [1.29, 1.82) is 0 Å². The molecule has 0 fully saturated rings. The molecule has 154 valence electrons. The molecule has 28 heavy (non-hydrogen) atoms. The van der Waals surface area contributed by atoms with E-state index in [0.717, 1.165) is 12.0 Å². The molecule has 2 rings (SSSR count). The summed E-state index contributed by atoms with van der Waals surface area (Å²) in [7, 11) is 0. The third kappa shape index (κ3) is 5.33. The first kappa shape index (κ1) is 21.9. The highest BCUT2D eigenvalue weighted by Crippen LogP contribution is 2.40. The summed E-state index contributed by atoms with van der Waals surface area (Å²) >= 11 is 0. The summed E-state index contributed by atoms with van der Waals surface area (Å²) in [6.45, 7) is 8.15. The lowest BCUT2D eigenvalue weighted by atomic mass is 9.70. The fourth-order valence-corrected chi connectivity index (χ4v) is 4.02. The zero-order chi connectivity index (χ0) is 20.9. The van der Waals surface area contributed by atoms with E-state index in [1.807, 2.05) is 20.8 Å². The van der Waals surface area contributed by atoms with Crippen LogP contribution in [0.25, 0.3) is 0 Å². The number of amides is 2. The minimum absolute atomic E-state index is 0.0131. The maximum absolute atomic E-state index is 12.4. The molecule has 1 aliphatic rings. The van der Waals surface area contributed by atoms with Crippen LogP contribution < -0.4 is 5.32 Å². The highest BCUT2D eigenvalue weighted by Gasteiger charge is 2.41. The van der Waals surface area contributed by atoms with Crippen molar-refractivity contribution in [3.63, 3.8) is 0 Å². The standard InChI is InChI=1S/C21H30N2O5/c1-14-11-15(2)18(21(3,4)12-14)23(27)20(26)28-13-16-5-7-17(8-6-16)19(25)22-9-10-24/h5-8,11,14,18,24,27H,9-10,12-13H2,1-4H3,(H,22,25). The molecule has 7 heteroatoms. The number of rotatable bonds is 6. The van der Waals surface area contributed by atoms with Crippen LogP contribution in [-0.4, -0.2) is 46.6 Å². The number of nitrogens with one attached hydrogen (secondary N) is 1. The van der Waals surface area contributed by atoms with Crippen LogP contribution in [0.4, 0.5) is 4.79 Å². The van der Waals surface area contributed by atoms with Gasteiger partial charge in [0.1, 0.15) is 6.61 Å². The van der Waals surface area contributed by atoms with E-state index in [2.05, 4.69) is 18.3 Å². The number of hydrogen-bond acceptors (Lipinski definition) is 5. The molecule has 2 atom stereocenters. The summed E-state index contributed by atoms with van der Waals surface area (Å²) in [5, 5.41) is 22.4. The second kappa shape index (κ2) is 9.21. The number of aliphatic hydroxyl groups is 1. The Morgan fingerprint density at radius 3 is 2.50 bits per heavy atom. The van der Waals surface area contributed by atoms with Gasteiger partial charge < -0.3 is 15.2 Å². The second-order valence-corrected chi connectivity index (χ2v) is 8.06. The van der Waals surface area contributed by atoms with Crippen LogP contribution >= 0.6 is 0 Å². The number of ether oxygens (including phenoxy) is 1. The fraction of sp³-hybridized carbons (Fsp3) is 0.524. The molecular formula is C21H30N2O5. The number of nitrogens with zero attached hydrogens (tertiary/aromatic N) is 1. The maximum atomic E-state index is 12.4. The molecule has 0 heterocycles. The Morgan fingerprint density at radius 2 is 1.93 bits per heavy atom. The summed E-state index contributed by atoms with van der Waals surface area (Å²) in [6.07, 6.45) is 2.14. The predicted octanol–water partition coefficient (Wildman–Crippen LogP) is 3.12. The van der Waals surface area contributed by atoms with Crippen molar-refractivity contribution < 1.29 is 24.6 Å². The number of benzene rings is 1. The lowest BCUT2D eigenvalue weighted by Crippen LogP contribution is -2.49. The molecule has 0 aliphatic heterocycles. The lowest BCUT2D eigenvalue weighted by Gasteiger charge is -2.43. The van der Waals surface area contributed by atoms with Gasteiger partial charge in [0.25, 0.3) is 5.91 Å². The van der Waals surface area contributed by atoms with Gasteiger partial charge in [-0.2, -0.15) is 5.06 Å². The summed E-state index contributed by atoms with van der Waals surface area (Å²) in [5.74, 6) is 0.110. The highest BCUT2D eigenvalue weighted by atomic mass is 16.6. The van der Waals surface area contributed by atoms with Crippen LogP contribution in [0, 0.1) is 11.3 Å². The smallest absolute Gasteiger partial charge is 0.434 e. The fourth-order valence-electron chi connectivity index (χ4n) is 4.02. The van der Waals surface area contributed by atoms with E-state index >= 15 is 0 Å². The summed E-state index contributed by atoms with van der Waals surface area (Å²) in [6, 6.07) is 6.16. The quantitative estimate of drug-likeness (QED) is 0.394. The van der Waals surface area contributed by atoms with E-state index in [-0.39, 0.29) is 31.1 Å². The van der Waals surface area contributed by atoms with Gasteiger partial charge >= 0.3 is 6.09 Å². The maximum Gasteiger partial charge on any atom is 0.434 e. The average Bonchev–Trinajstić information content (AvgIpc) is 2.62. The molecule has 0 radical (unpaired) electrons. The Kier molecular flexibility index (Phi) is 7.21. The third-order valence-electron chi connectivity index (χ3n) is 4.97. The van der Waals surface area contributed by atoms with Crippen LogP contribution in [0.1, 0.15) is 50.0 Å². The van der Waals surface area contributed by atoms with Gasteiger partial charge in [-0.25, -0.2) is 4.79 Å². The van der Waals surface area contributed by atoms with Gasteiger partial charge in [0.05, 0.1) is 12.6 Å². The molecule has 1 aromatic carbocycles. The number of hydroxylamine groups is 2. The molecule has 0 bridgehead atoms. The number of carbonyl (C=O) groups is 2. The molecule has 0 spiro atoms. The lowest BCUT2D eigenvalue weighted by molar-refractivity contribution is -0.127. The van der Waals surface area contributed by atoms with E-state index in [9.17, 15) is 14.8 Å². The Hall–Kier alpha value is -2.38. The van der Waals surface area contributed by atoms with E-state index in [4.69, 9.17) is 9.84 Å². The molecule has 0 saturated heterocycles. The van der Waals surface area contributed by atoms with Crippen LogP contribution in [0.5, 0.6) is 0 Å². The van der Waals surface area contributed by atoms with Crippen molar-refractivity contribution in [2.75, 3.05) is 13.2 Å². The van der Waals surface area contributed by atoms with Gasteiger partial charge in [-0.05, 0) is 42.4 Å². The SMILES string of the molecule is CC1=CC(C)CC(C)(C)C1N(O)C(=O)OCc1ccc(C(=O)NCCO)cc1. The topological polar surface area (TPSA) is 99.1 Å². The summed E-state index contributed by atoms with van der Waals surface area (Å²) < 4.78 is 5.25. The number of allylic oxidation sites excluding steroid dienone is 1. The Labute approximate surface area is 165 Å². The van der Waals surface area contributed by atoms with E-state index in [1.54, 1.807) is 24.3 Å². The van der Waals surface area contributed by atoms with E-state index in [0.29, 0.717) is 22.1 Å². The Morgan fingerprint density at radius 1 is 1.29 bits per heavy atom. The predicted molar refractivity (Wildman–Crippen MR) is 105 cm³/mol. The van der Waals surface area contributed by atoms with Crippen molar-refractivity contribution >= 4 is 12.0 Å². The minimum Gasteiger partial charge on any atom is -0.443 e. The zero-order valence-corrected chi connectivity index (χ0v) is 16.9. The molecule has 3 N–H and O–H groups in total. The average molecular weight is 390 g/mol.